The maximum Gasteiger partial charge on any atom is 0.274 e. The molecule has 222 valence electrons. The number of hydrogen-bond donors (Lipinski definition) is 2. The molecular weight excluding hydrogens is 544 g/mol. The van der Waals surface area contributed by atoms with Crippen LogP contribution in [0.4, 0.5) is 0 Å². The van der Waals surface area contributed by atoms with E-state index in [2.05, 4.69) is 34.3 Å². The topological polar surface area (TPSA) is 106 Å². The second-order valence-electron chi connectivity index (χ2n) is 13.1. The van der Waals surface area contributed by atoms with Crippen molar-refractivity contribution in [2.75, 3.05) is 20.1 Å². The third-order valence-electron chi connectivity index (χ3n) is 10.4. The molecule has 2 aromatic carbocycles. The Morgan fingerprint density at radius 1 is 1.14 bits per heavy atom. The van der Waals surface area contributed by atoms with Crippen molar-refractivity contribution in [3.05, 3.63) is 77.5 Å². The van der Waals surface area contributed by atoms with E-state index in [0.29, 0.717) is 19.5 Å². The molecule has 2 amide bonds. The van der Waals surface area contributed by atoms with Gasteiger partial charge < -0.3 is 19.7 Å². The van der Waals surface area contributed by atoms with Gasteiger partial charge in [-0.3, -0.25) is 24.2 Å². The lowest BCUT2D eigenvalue weighted by Crippen LogP contribution is -2.71. The largest absolute Gasteiger partial charge is 0.361 e. The fraction of sp³-hybridized carbons (Fsp3) is 0.441. The number of ether oxygens (including phenoxy) is 1. The summed E-state index contributed by atoms with van der Waals surface area (Å²) in [4.78, 5) is 50.6. The number of carbonyl (C=O) groups is 3. The first-order valence-electron chi connectivity index (χ1n) is 15.3. The van der Waals surface area contributed by atoms with Crippen molar-refractivity contribution in [3.63, 3.8) is 0 Å². The molecule has 0 unspecified atom stereocenters. The SMILES string of the molecule is CN1C[C@H](C(=O)C[C@]2(C)O[C@@]3(O)[C@@H]4CCCN4C(=O)[C@H](Cc4ccccc4)N3C2=O)C=C2c3cccc4[nH]cc(c34)C[C@H]21. The summed E-state index contributed by atoms with van der Waals surface area (Å²) in [5.41, 5.74) is 3.95. The van der Waals surface area contributed by atoms with Crippen LogP contribution in [-0.2, 0) is 32.0 Å². The summed E-state index contributed by atoms with van der Waals surface area (Å²) in [6.45, 7) is 2.65. The zero-order valence-electron chi connectivity index (χ0n) is 24.5. The number of aromatic nitrogens is 1. The van der Waals surface area contributed by atoms with Gasteiger partial charge in [-0.25, -0.2) is 0 Å². The van der Waals surface area contributed by atoms with Crippen molar-refractivity contribution in [2.45, 2.75) is 68.7 Å². The lowest BCUT2D eigenvalue weighted by atomic mass is 9.78. The Morgan fingerprint density at radius 3 is 2.77 bits per heavy atom. The van der Waals surface area contributed by atoms with Gasteiger partial charge in [-0.1, -0.05) is 48.5 Å². The average molecular weight is 581 g/mol. The van der Waals surface area contributed by atoms with E-state index < -0.39 is 35.4 Å². The highest BCUT2D eigenvalue weighted by Gasteiger charge is 2.69. The molecular formula is C34H36N4O5. The molecule has 3 fully saturated rings. The second-order valence-corrected chi connectivity index (χ2v) is 13.1. The van der Waals surface area contributed by atoms with Crippen LogP contribution in [0.1, 0.15) is 42.9 Å². The number of carbonyl (C=O) groups excluding carboxylic acids is 3. The van der Waals surface area contributed by atoms with Gasteiger partial charge in [0.25, 0.3) is 11.8 Å². The van der Waals surface area contributed by atoms with Crippen LogP contribution in [0.15, 0.2) is 60.8 Å². The number of Topliss-reactive ketones (excluding diaryl/α,β-unsaturated/α-hetero) is 1. The van der Waals surface area contributed by atoms with Gasteiger partial charge in [0.05, 0.1) is 0 Å². The Bertz CT molecular complexity index is 1700. The van der Waals surface area contributed by atoms with Crippen molar-refractivity contribution < 1.29 is 24.2 Å². The summed E-state index contributed by atoms with van der Waals surface area (Å²) in [5.74, 6) is -3.20. The quantitative estimate of drug-likeness (QED) is 0.481. The van der Waals surface area contributed by atoms with Gasteiger partial charge in [0.15, 0.2) is 5.60 Å². The van der Waals surface area contributed by atoms with Crippen molar-refractivity contribution in [1.29, 1.82) is 0 Å². The van der Waals surface area contributed by atoms with Crippen LogP contribution in [0.3, 0.4) is 0 Å². The molecule has 5 aliphatic rings. The van der Waals surface area contributed by atoms with Crippen LogP contribution in [-0.4, -0.2) is 92.2 Å². The van der Waals surface area contributed by atoms with E-state index in [0.717, 1.165) is 35.1 Å². The first-order chi connectivity index (χ1) is 20.7. The Hall–Kier alpha value is -3.79. The van der Waals surface area contributed by atoms with Crippen LogP contribution in [0.25, 0.3) is 16.5 Å². The lowest BCUT2D eigenvalue weighted by Gasteiger charge is -2.49. The zero-order valence-corrected chi connectivity index (χ0v) is 24.5. The third kappa shape index (κ3) is 3.84. The molecule has 0 spiro atoms. The number of amides is 2. The maximum atomic E-state index is 14.2. The smallest absolute Gasteiger partial charge is 0.274 e. The molecule has 5 heterocycles. The molecule has 0 radical (unpaired) electrons. The number of aliphatic hydroxyl groups is 1. The predicted molar refractivity (Wildman–Crippen MR) is 159 cm³/mol. The number of ketones is 1. The van der Waals surface area contributed by atoms with E-state index in [4.69, 9.17) is 4.74 Å². The minimum atomic E-state index is -1.98. The number of nitrogens with zero attached hydrogens (tertiary/aromatic N) is 3. The van der Waals surface area contributed by atoms with E-state index in [1.165, 1.54) is 15.8 Å². The van der Waals surface area contributed by atoms with Gasteiger partial charge in [-0.05, 0) is 61.6 Å². The molecule has 3 aromatic rings. The monoisotopic (exact) mass is 580 g/mol. The number of fused-ring (bicyclic) bond motifs is 5. The zero-order chi connectivity index (χ0) is 29.7. The van der Waals surface area contributed by atoms with Gasteiger partial charge >= 0.3 is 0 Å². The molecule has 0 bridgehead atoms. The van der Waals surface area contributed by atoms with Gasteiger partial charge in [0, 0.05) is 55.0 Å². The Kier molecular flexibility index (Phi) is 5.83. The molecule has 9 heteroatoms. The summed E-state index contributed by atoms with van der Waals surface area (Å²) in [6.07, 6.45) is 6.37. The number of hydrogen-bond acceptors (Lipinski definition) is 6. The van der Waals surface area contributed by atoms with Crippen LogP contribution in [0.5, 0.6) is 0 Å². The first-order valence-corrected chi connectivity index (χ1v) is 15.3. The Balaban J connectivity index is 1.11. The molecule has 4 aliphatic heterocycles. The molecule has 8 rings (SSSR count). The lowest BCUT2D eigenvalue weighted by molar-refractivity contribution is -0.312. The molecule has 1 aliphatic carbocycles. The van der Waals surface area contributed by atoms with Crippen molar-refractivity contribution in [2.24, 2.45) is 5.92 Å². The van der Waals surface area contributed by atoms with Crippen LogP contribution in [0, 0.1) is 5.92 Å². The number of likely N-dealkylation sites (N-methyl/N-ethyl adjacent to an activating group) is 1. The predicted octanol–water partition coefficient (Wildman–Crippen LogP) is 2.88. The van der Waals surface area contributed by atoms with Gasteiger partial charge in [0.1, 0.15) is 17.9 Å². The number of piperazine rings is 1. The summed E-state index contributed by atoms with van der Waals surface area (Å²) in [7, 11) is 2.05. The molecule has 6 atom stereocenters. The highest BCUT2D eigenvalue weighted by molar-refractivity contribution is 6.01. The van der Waals surface area contributed by atoms with E-state index in [-0.39, 0.29) is 30.6 Å². The minimum absolute atomic E-state index is 0.113. The fourth-order valence-electron chi connectivity index (χ4n) is 8.38. The molecule has 3 saturated heterocycles. The molecule has 0 saturated carbocycles. The number of aromatic amines is 1. The van der Waals surface area contributed by atoms with Gasteiger partial charge in [0.2, 0.25) is 5.91 Å². The summed E-state index contributed by atoms with van der Waals surface area (Å²) >= 11 is 0. The highest BCUT2D eigenvalue weighted by Crippen LogP contribution is 2.48. The standard InChI is InChI=1S/C34H36N4O5/c1-33(17-28(39)22-15-24-23-10-6-11-25-30(23)21(18-35-25)16-26(24)36(2)19-22)32(41)38-27(14-20-8-4-3-5-9-20)31(40)37-13-7-12-29(37)34(38,42)43-33/h3-6,8-11,15,18,22,26-27,29,35,42H,7,12-14,16-17,19H2,1-2H3/t22-,26-,27+,29+,33+,34+/m1/s1. The van der Waals surface area contributed by atoms with Crippen LogP contribution in [0.2, 0.25) is 0 Å². The summed E-state index contributed by atoms with van der Waals surface area (Å²) < 4.78 is 6.34. The highest BCUT2D eigenvalue weighted by atomic mass is 16.7. The second kappa shape index (κ2) is 9.35. The van der Waals surface area contributed by atoms with Crippen LogP contribution < -0.4 is 0 Å². The van der Waals surface area contributed by atoms with Crippen molar-refractivity contribution in [1.82, 2.24) is 19.7 Å². The Morgan fingerprint density at radius 2 is 1.95 bits per heavy atom. The average Bonchev–Trinajstić information content (AvgIpc) is 3.70. The maximum absolute atomic E-state index is 14.2. The van der Waals surface area contributed by atoms with Gasteiger partial charge in [-0.2, -0.15) is 0 Å². The molecule has 43 heavy (non-hydrogen) atoms. The number of H-pyrrole nitrogens is 1. The Labute approximate surface area is 250 Å². The van der Waals surface area contributed by atoms with E-state index in [1.54, 1.807) is 11.8 Å². The number of benzene rings is 2. The molecule has 1 aromatic heterocycles. The molecule has 9 nitrogen and oxygen atoms in total. The number of nitrogens with one attached hydrogen (secondary N) is 1. The summed E-state index contributed by atoms with van der Waals surface area (Å²) in [5, 5.41) is 13.3. The van der Waals surface area contributed by atoms with Crippen molar-refractivity contribution >= 4 is 34.1 Å². The van der Waals surface area contributed by atoms with E-state index in [9.17, 15) is 19.5 Å². The van der Waals surface area contributed by atoms with Gasteiger partial charge in [-0.15, -0.1) is 0 Å². The van der Waals surface area contributed by atoms with E-state index in [1.807, 2.05) is 43.4 Å². The number of rotatable bonds is 5. The normalized spacial score (nSPS) is 33.4. The summed E-state index contributed by atoms with van der Waals surface area (Å²) in [6, 6.07) is 14.3. The molecule has 2 N–H and O–H groups in total. The first kappa shape index (κ1) is 26.8. The third-order valence-corrected chi connectivity index (χ3v) is 10.4. The van der Waals surface area contributed by atoms with Crippen LogP contribution >= 0.6 is 0 Å². The van der Waals surface area contributed by atoms with Crippen molar-refractivity contribution in [3.8, 4) is 0 Å². The fourth-order valence-corrected chi connectivity index (χ4v) is 8.38. The van der Waals surface area contributed by atoms with E-state index >= 15 is 0 Å². The minimum Gasteiger partial charge on any atom is -0.361 e.